The summed E-state index contributed by atoms with van der Waals surface area (Å²) in [4.78, 5) is 42.8. The number of aromatic hydroxyl groups is 1. The predicted molar refractivity (Wildman–Crippen MR) is 129 cm³/mol. The highest BCUT2D eigenvalue weighted by atomic mass is 16.3. The van der Waals surface area contributed by atoms with E-state index in [9.17, 15) is 19.5 Å². The van der Waals surface area contributed by atoms with E-state index in [-0.39, 0.29) is 28.3 Å². The third kappa shape index (κ3) is 3.93. The van der Waals surface area contributed by atoms with Crippen LogP contribution in [0.3, 0.4) is 0 Å². The van der Waals surface area contributed by atoms with Gasteiger partial charge >= 0.3 is 0 Å². The van der Waals surface area contributed by atoms with Gasteiger partial charge in [-0.3, -0.25) is 19.1 Å². The van der Waals surface area contributed by atoms with Gasteiger partial charge in [-0.2, -0.15) is 5.10 Å². The van der Waals surface area contributed by atoms with E-state index in [0.717, 1.165) is 25.7 Å². The molecule has 1 aliphatic rings. The van der Waals surface area contributed by atoms with E-state index in [0.29, 0.717) is 5.69 Å². The Kier molecular flexibility index (Phi) is 4.99. The maximum absolute atomic E-state index is 12.7. The molecule has 1 saturated carbocycles. The van der Waals surface area contributed by atoms with Crippen LogP contribution in [0.2, 0.25) is 0 Å². The molecule has 180 valence electrons. The molecule has 10 nitrogen and oxygen atoms in total. The van der Waals surface area contributed by atoms with E-state index in [1.807, 2.05) is 6.92 Å². The Balaban J connectivity index is 1.75. The van der Waals surface area contributed by atoms with Crippen LogP contribution in [-0.2, 0) is 7.05 Å². The molecule has 2 heterocycles. The standard InChI is InChI=1S/C24H30N6O4/c1-13-12-30(5)28-15(13)22(24(2)9-6-7-10-24)27-17-16(20(32)21(17)33)26-14-8-11-25-18(19(14)31)23(34)29(3)4/h8,11-12,22,27,31H,6-7,9-10H2,1-5H3,(H,25,26)/t22-/m0/s1/i1D3. The lowest BCUT2D eigenvalue weighted by Gasteiger charge is -2.35. The Morgan fingerprint density at radius 3 is 2.59 bits per heavy atom. The van der Waals surface area contributed by atoms with Crippen LogP contribution in [0.4, 0.5) is 17.1 Å². The first-order chi connectivity index (χ1) is 17.2. The smallest absolute Gasteiger partial charge is 0.275 e. The van der Waals surface area contributed by atoms with Gasteiger partial charge in [0.1, 0.15) is 11.4 Å². The van der Waals surface area contributed by atoms with Gasteiger partial charge in [-0.1, -0.05) is 19.8 Å². The molecule has 2 aromatic heterocycles. The van der Waals surface area contributed by atoms with Crippen molar-refractivity contribution in [3.8, 4) is 5.75 Å². The summed E-state index contributed by atoms with van der Waals surface area (Å²) in [6.07, 6.45) is 6.19. The fourth-order valence-corrected chi connectivity index (χ4v) is 4.61. The maximum atomic E-state index is 12.7. The van der Waals surface area contributed by atoms with E-state index in [1.54, 1.807) is 7.05 Å². The SMILES string of the molecule is [2H]C([2H])([2H])c1cn(C)nc1[C@H](Nc1c(Nc2ccnc(C(=O)N(C)C)c2O)c(=O)c1=O)C1(C)CCCC1. The van der Waals surface area contributed by atoms with Crippen LogP contribution >= 0.6 is 0 Å². The van der Waals surface area contributed by atoms with Crippen molar-refractivity contribution < 1.29 is 14.0 Å². The first-order valence-corrected chi connectivity index (χ1v) is 11.0. The minimum absolute atomic E-state index is 0.0260. The van der Waals surface area contributed by atoms with Crippen LogP contribution in [0.25, 0.3) is 0 Å². The van der Waals surface area contributed by atoms with Gasteiger partial charge in [0.2, 0.25) is 0 Å². The normalized spacial score (nSPS) is 17.6. The highest BCUT2D eigenvalue weighted by Crippen LogP contribution is 2.49. The van der Waals surface area contributed by atoms with Gasteiger partial charge < -0.3 is 20.6 Å². The second kappa shape index (κ2) is 8.58. The van der Waals surface area contributed by atoms with Gasteiger partial charge in [0, 0.05) is 37.6 Å². The van der Waals surface area contributed by atoms with Crippen molar-refractivity contribution in [1.82, 2.24) is 19.7 Å². The van der Waals surface area contributed by atoms with Gasteiger partial charge in [-0.05, 0) is 36.7 Å². The largest absolute Gasteiger partial charge is 0.504 e. The number of hydrogen-bond donors (Lipinski definition) is 3. The van der Waals surface area contributed by atoms with E-state index in [4.69, 9.17) is 4.11 Å². The molecule has 3 N–H and O–H groups in total. The van der Waals surface area contributed by atoms with Crippen LogP contribution < -0.4 is 21.5 Å². The zero-order valence-corrected chi connectivity index (χ0v) is 19.6. The number of nitrogens with one attached hydrogen (secondary N) is 2. The monoisotopic (exact) mass is 469 g/mol. The van der Waals surface area contributed by atoms with Crippen LogP contribution in [0.15, 0.2) is 28.0 Å². The summed E-state index contributed by atoms with van der Waals surface area (Å²) >= 11 is 0. The van der Waals surface area contributed by atoms with Crippen molar-refractivity contribution in [2.24, 2.45) is 12.5 Å². The molecule has 0 unspecified atom stereocenters. The molecule has 0 radical (unpaired) electrons. The molecule has 0 aliphatic heterocycles. The maximum Gasteiger partial charge on any atom is 0.275 e. The lowest BCUT2D eigenvalue weighted by atomic mass is 9.78. The molecule has 1 atom stereocenters. The van der Waals surface area contributed by atoms with Gasteiger partial charge in [-0.15, -0.1) is 0 Å². The minimum Gasteiger partial charge on any atom is -0.504 e. The average molecular weight is 470 g/mol. The zero-order chi connectivity index (χ0) is 27.3. The first-order valence-electron chi connectivity index (χ1n) is 12.5. The summed E-state index contributed by atoms with van der Waals surface area (Å²) in [5, 5.41) is 21.0. The van der Waals surface area contributed by atoms with E-state index in [1.165, 1.54) is 42.1 Å². The lowest BCUT2D eigenvalue weighted by Crippen LogP contribution is -2.40. The van der Waals surface area contributed by atoms with Crippen molar-refractivity contribution in [1.29, 1.82) is 0 Å². The second-order valence-corrected chi connectivity index (χ2v) is 9.33. The van der Waals surface area contributed by atoms with Crippen molar-refractivity contribution in [3.05, 3.63) is 55.9 Å². The topological polar surface area (TPSA) is 129 Å². The van der Waals surface area contributed by atoms with E-state index >= 15 is 0 Å². The molecule has 34 heavy (non-hydrogen) atoms. The Hall–Kier alpha value is -3.69. The van der Waals surface area contributed by atoms with Crippen molar-refractivity contribution in [2.75, 3.05) is 24.7 Å². The van der Waals surface area contributed by atoms with E-state index < -0.39 is 40.8 Å². The van der Waals surface area contributed by atoms with Crippen molar-refractivity contribution in [3.63, 3.8) is 0 Å². The Labute approximate surface area is 201 Å². The zero-order valence-electron chi connectivity index (χ0n) is 22.6. The van der Waals surface area contributed by atoms with Crippen LogP contribution in [0.5, 0.6) is 5.75 Å². The fourth-order valence-electron chi connectivity index (χ4n) is 4.61. The predicted octanol–water partition coefficient (Wildman–Crippen LogP) is 2.60. The lowest BCUT2D eigenvalue weighted by molar-refractivity contribution is 0.0819. The number of aryl methyl sites for hydroxylation is 2. The highest BCUT2D eigenvalue weighted by molar-refractivity contribution is 5.97. The number of amides is 1. The van der Waals surface area contributed by atoms with Gasteiger partial charge in [0.15, 0.2) is 11.4 Å². The van der Waals surface area contributed by atoms with Gasteiger partial charge in [0.05, 0.1) is 17.4 Å². The number of rotatable bonds is 7. The summed E-state index contributed by atoms with van der Waals surface area (Å²) in [6.45, 7) is -0.409. The molecule has 1 fully saturated rings. The van der Waals surface area contributed by atoms with Crippen molar-refractivity contribution in [2.45, 2.75) is 45.5 Å². The number of pyridine rings is 1. The Bertz CT molecular complexity index is 1420. The molecule has 3 aromatic rings. The molecule has 0 saturated heterocycles. The second-order valence-electron chi connectivity index (χ2n) is 9.33. The number of aromatic nitrogens is 3. The van der Waals surface area contributed by atoms with Crippen molar-refractivity contribution >= 4 is 23.0 Å². The fraction of sp³-hybridized carbons (Fsp3) is 0.458. The molecule has 0 bridgehead atoms. The quantitative estimate of drug-likeness (QED) is 0.450. The number of carbonyl (C=O) groups is 1. The number of hydrogen-bond acceptors (Lipinski definition) is 8. The third-order valence-electron chi connectivity index (χ3n) is 6.57. The molecule has 1 amide bonds. The number of anilines is 3. The molecular formula is C24H30N6O4. The Morgan fingerprint density at radius 1 is 1.26 bits per heavy atom. The molecule has 1 aromatic carbocycles. The number of carbonyl (C=O) groups excluding carboxylic acids is 1. The summed E-state index contributed by atoms with van der Waals surface area (Å²) in [6, 6.07) is 0.719. The van der Waals surface area contributed by atoms with Gasteiger partial charge in [-0.25, -0.2) is 4.98 Å². The average Bonchev–Trinajstić information content (AvgIpc) is 3.44. The molecule has 0 spiro atoms. The highest BCUT2D eigenvalue weighted by Gasteiger charge is 2.41. The summed E-state index contributed by atoms with van der Waals surface area (Å²) in [7, 11) is 4.66. The van der Waals surface area contributed by atoms with Crippen LogP contribution in [0.1, 0.15) is 64.5 Å². The van der Waals surface area contributed by atoms with E-state index in [2.05, 4.69) is 20.7 Å². The van der Waals surface area contributed by atoms with Crippen LogP contribution in [0, 0.1) is 12.3 Å². The molecular weight excluding hydrogens is 436 g/mol. The molecule has 1 aliphatic carbocycles. The molecule has 10 heteroatoms. The Morgan fingerprint density at radius 2 is 1.94 bits per heavy atom. The number of nitrogens with zero attached hydrogens (tertiary/aromatic N) is 4. The third-order valence-corrected chi connectivity index (χ3v) is 6.57. The van der Waals surface area contributed by atoms with Gasteiger partial charge in [0.25, 0.3) is 16.8 Å². The first kappa shape index (κ1) is 19.7. The minimum atomic E-state index is -2.43. The van der Waals surface area contributed by atoms with Crippen LogP contribution in [-0.4, -0.2) is 44.8 Å². The summed E-state index contributed by atoms with van der Waals surface area (Å²) < 4.78 is 25.5. The molecule has 4 rings (SSSR count). The summed E-state index contributed by atoms with van der Waals surface area (Å²) in [5.74, 6) is -1.00. The summed E-state index contributed by atoms with van der Waals surface area (Å²) in [5.41, 5.74) is -1.91.